The summed E-state index contributed by atoms with van der Waals surface area (Å²) in [6, 6.07) is 3.53. The number of aryl methyl sites for hydroxylation is 2. The highest BCUT2D eigenvalue weighted by Crippen LogP contribution is 2.23. The summed E-state index contributed by atoms with van der Waals surface area (Å²) < 4.78 is 66.8. The lowest BCUT2D eigenvalue weighted by Gasteiger charge is -2.29. The van der Waals surface area contributed by atoms with Gasteiger partial charge in [0.2, 0.25) is 5.65 Å². The lowest BCUT2D eigenvalue weighted by atomic mass is 9.96. The molecule has 1 unspecified atom stereocenters. The van der Waals surface area contributed by atoms with E-state index in [-0.39, 0.29) is 29.3 Å². The molecule has 0 aliphatic carbocycles. The fraction of sp³-hybridized carbons (Fsp3) is 0.400. The number of halogens is 5. The van der Waals surface area contributed by atoms with E-state index in [1.54, 1.807) is 27.0 Å². The maximum absolute atomic E-state index is 14.0. The maximum atomic E-state index is 14.0. The number of fused-ring (bicyclic) bond motifs is 1. The summed E-state index contributed by atoms with van der Waals surface area (Å²) in [4.78, 5) is 41.8. The number of hydrogen-bond acceptors (Lipinski definition) is 6. The largest absolute Gasteiger partial charge is 0.490 e. The molecule has 224 valence electrons. The van der Waals surface area contributed by atoms with Crippen molar-refractivity contribution in [1.82, 2.24) is 25.0 Å². The molecule has 0 aliphatic rings. The number of carboxylic acids is 1. The van der Waals surface area contributed by atoms with Crippen molar-refractivity contribution in [3.8, 4) is 5.88 Å². The summed E-state index contributed by atoms with van der Waals surface area (Å²) in [6.45, 7) is 6.62. The molecule has 3 rings (SSSR count). The molecule has 0 fully saturated rings. The van der Waals surface area contributed by atoms with Crippen LogP contribution in [0.5, 0.6) is 5.88 Å². The molecule has 16 heteroatoms. The molecule has 0 bridgehead atoms. The number of nitrogens with one attached hydrogen (secondary N) is 2. The molecule has 3 aromatic rings. The zero-order chi connectivity index (χ0) is 31.1. The number of alkyl halides is 3. The second kappa shape index (κ2) is 13.2. The van der Waals surface area contributed by atoms with Gasteiger partial charge in [0.25, 0.3) is 11.8 Å². The van der Waals surface area contributed by atoms with Crippen molar-refractivity contribution in [2.24, 2.45) is 0 Å². The van der Waals surface area contributed by atoms with Crippen LogP contribution in [0.25, 0.3) is 5.65 Å². The van der Waals surface area contributed by atoms with E-state index in [4.69, 9.17) is 19.7 Å². The van der Waals surface area contributed by atoms with Crippen molar-refractivity contribution in [3.05, 3.63) is 58.7 Å². The van der Waals surface area contributed by atoms with E-state index in [0.717, 1.165) is 18.6 Å². The summed E-state index contributed by atoms with van der Waals surface area (Å²) in [7, 11) is 0. The van der Waals surface area contributed by atoms with Crippen molar-refractivity contribution < 1.29 is 51.3 Å². The Morgan fingerprint density at radius 3 is 2.17 bits per heavy atom. The van der Waals surface area contributed by atoms with Gasteiger partial charge in [0.1, 0.15) is 23.9 Å². The van der Waals surface area contributed by atoms with Gasteiger partial charge in [0.15, 0.2) is 0 Å². The molecule has 0 saturated heterocycles. The quantitative estimate of drug-likeness (QED) is 0.268. The van der Waals surface area contributed by atoms with Gasteiger partial charge in [-0.3, -0.25) is 9.20 Å². The van der Waals surface area contributed by atoms with E-state index in [9.17, 15) is 31.5 Å². The molecule has 11 nitrogen and oxygen atoms in total. The molecular formula is C25H28F5N5O6. The van der Waals surface area contributed by atoms with Crippen LogP contribution in [0, 0.1) is 25.5 Å². The SMILES string of the molecule is CCCC(C)(CNC(=O)c1c(C)nc2c(OCc3c(F)cccc3F)nc(C)cn12)NC(=O)O.O=C(O)C(F)(F)F. The van der Waals surface area contributed by atoms with Gasteiger partial charge in [0, 0.05) is 12.7 Å². The van der Waals surface area contributed by atoms with Gasteiger partial charge in [-0.15, -0.1) is 0 Å². The van der Waals surface area contributed by atoms with Crippen LogP contribution in [0.15, 0.2) is 24.4 Å². The van der Waals surface area contributed by atoms with Crippen LogP contribution in [0.4, 0.5) is 26.7 Å². The van der Waals surface area contributed by atoms with Crippen molar-refractivity contribution in [2.75, 3.05) is 6.54 Å². The van der Waals surface area contributed by atoms with Gasteiger partial charge >= 0.3 is 18.2 Å². The highest BCUT2D eigenvalue weighted by molar-refractivity contribution is 5.95. The van der Waals surface area contributed by atoms with Gasteiger partial charge in [-0.1, -0.05) is 19.4 Å². The number of imidazole rings is 1. The number of rotatable bonds is 9. The van der Waals surface area contributed by atoms with Crippen LogP contribution in [0.3, 0.4) is 0 Å². The van der Waals surface area contributed by atoms with E-state index in [1.165, 1.54) is 10.5 Å². The smallest absolute Gasteiger partial charge is 0.475 e. The van der Waals surface area contributed by atoms with Crippen LogP contribution < -0.4 is 15.4 Å². The minimum atomic E-state index is -5.08. The molecule has 0 saturated carbocycles. The topological polar surface area (TPSA) is 155 Å². The van der Waals surface area contributed by atoms with E-state index in [2.05, 4.69) is 20.6 Å². The molecule has 2 aromatic heterocycles. The zero-order valence-corrected chi connectivity index (χ0v) is 22.4. The van der Waals surface area contributed by atoms with Gasteiger partial charge in [0.05, 0.1) is 22.5 Å². The zero-order valence-electron chi connectivity index (χ0n) is 22.4. The van der Waals surface area contributed by atoms with E-state index < -0.39 is 47.9 Å². The normalized spacial score (nSPS) is 12.6. The molecule has 0 spiro atoms. The molecule has 41 heavy (non-hydrogen) atoms. The number of ether oxygens (including phenoxy) is 1. The second-order valence-electron chi connectivity index (χ2n) is 9.14. The highest BCUT2D eigenvalue weighted by atomic mass is 19.4. The third kappa shape index (κ3) is 8.74. The third-order valence-corrected chi connectivity index (χ3v) is 5.59. The number of aromatic nitrogens is 3. The summed E-state index contributed by atoms with van der Waals surface area (Å²) in [5.41, 5.74) is 0.217. The Morgan fingerprint density at radius 2 is 1.66 bits per heavy atom. The van der Waals surface area contributed by atoms with Gasteiger partial charge in [-0.05, 0) is 39.3 Å². The average Bonchev–Trinajstić information content (AvgIpc) is 3.17. The van der Waals surface area contributed by atoms with Crippen molar-refractivity contribution in [2.45, 2.75) is 58.9 Å². The van der Waals surface area contributed by atoms with Crippen molar-refractivity contribution >= 4 is 23.6 Å². The number of carbonyl (C=O) groups is 3. The summed E-state index contributed by atoms with van der Waals surface area (Å²) in [5, 5.41) is 21.5. The minimum Gasteiger partial charge on any atom is -0.475 e. The van der Waals surface area contributed by atoms with Gasteiger partial charge in [-0.2, -0.15) is 13.2 Å². The van der Waals surface area contributed by atoms with Gasteiger partial charge in [-0.25, -0.2) is 28.3 Å². The van der Waals surface area contributed by atoms with E-state index >= 15 is 0 Å². The first kappa shape index (κ1) is 32.7. The predicted octanol–water partition coefficient (Wildman–Crippen LogP) is 4.39. The van der Waals surface area contributed by atoms with Crippen LogP contribution in [0.1, 0.15) is 54.1 Å². The van der Waals surface area contributed by atoms with Crippen LogP contribution >= 0.6 is 0 Å². The maximum Gasteiger partial charge on any atom is 0.490 e. The summed E-state index contributed by atoms with van der Waals surface area (Å²) >= 11 is 0. The molecule has 4 N–H and O–H groups in total. The molecule has 1 aromatic carbocycles. The standard InChI is InChI=1S/C23H27F2N5O4.C2HF3O2/c1-5-9-23(4,29-22(32)33)12-26-20(31)18-14(3)28-19-21(27-13(2)10-30(18)19)34-11-15-16(24)7-6-8-17(15)25;3-2(4,5)1(6)7/h6-8,10,29H,5,9,11-12H2,1-4H3,(H,26,31)(H,32,33);(H,6,7). The molecule has 2 amide bonds. The van der Waals surface area contributed by atoms with E-state index in [1.807, 2.05) is 6.92 Å². The van der Waals surface area contributed by atoms with Crippen molar-refractivity contribution in [3.63, 3.8) is 0 Å². The lowest BCUT2D eigenvalue weighted by Crippen LogP contribution is -2.53. The Kier molecular flexibility index (Phi) is 10.6. The predicted molar refractivity (Wildman–Crippen MR) is 134 cm³/mol. The number of hydrogen-bond donors (Lipinski definition) is 4. The number of amides is 2. The molecule has 0 aliphatic heterocycles. The van der Waals surface area contributed by atoms with Crippen molar-refractivity contribution in [1.29, 1.82) is 0 Å². The Hall–Kier alpha value is -4.50. The molecule has 0 radical (unpaired) electrons. The first-order chi connectivity index (χ1) is 19.0. The third-order valence-electron chi connectivity index (χ3n) is 5.59. The average molecular weight is 590 g/mol. The number of benzene rings is 1. The lowest BCUT2D eigenvalue weighted by molar-refractivity contribution is -0.192. The number of aliphatic carboxylic acids is 1. The number of nitrogens with zero attached hydrogens (tertiary/aromatic N) is 3. The van der Waals surface area contributed by atoms with Crippen LogP contribution in [-0.2, 0) is 11.4 Å². The fourth-order valence-corrected chi connectivity index (χ4v) is 3.79. The highest BCUT2D eigenvalue weighted by Gasteiger charge is 2.38. The van der Waals surface area contributed by atoms with Crippen LogP contribution in [-0.4, -0.2) is 60.8 Å². The van der Waals surface area contributed by atoms with Crippen LogP contribution in [0.2, 0.25) is 0 Å². The molecule has 2 heterocycles. The second-order valence-corrected chi connectivity index (χ2v) is 9.14. The Bertz CT molecular complexity index is 1410. The number of carbonyl (C=O) groups excluding carboxylic acids is 1. The number of carboxylic acid groups (broad SMARTS) is 2. The molecule has 1 atom stereocenters. The first-order valence-corrected chi connectivity index (χ1v) is 12.0. The molecular weight excluding hydrogens is 561 g/mol. The monoisotopic (exact) mass is 589 g/mol. The van der Waals surface area contributed by atoms with Gasteiger partial charge < -0.3 is 25.6 Å². The first-order valence-electron chi connectivity index (χ1n) is 12.0. The fourth-order valence-electron chi connectivity index (χ4n) is 3.79. The summed E-state index contributed by atoms with van der Waals surface area (Å²) in [5.74, 6) is -4.68. The Morgan fingerprint density at radius 1 is 1.07 bits per heavy atom. The Balaban J connectivity index is 0.000000745. The summed E-state index contributed by atoms with van der Waals surface area (Å²) in [6.07, 6.45) is -3.41. The Labute approximate surface area is 230 Å². The minimum absolute atomic E-state index is 0.0215. The van der Waals surface area contributed by atoms with E-state index in [0.29, 0.717) is 17.8 Å².